The molecule has 0 saturated carbocycles. The van der Waals surface area contributed by atoms with Crippen LogP contribution < -0.4 is 5.32 Å². The first-order chi connectivity index (χ1) is 9.67. The Balaban J connectivity index is 2.60. The van der Waals surface area contributed by atoms with Crippen molar-refractivity contribution in [1.29, 1.82) is 0 Å². The van der Waals surface area contributed by atoms with Crippen molar-refractivity contribution in [2.45, 2.75) is 19.3 Å². The fraction of sp³-hybridized carbons (Fsp3) is 0.400. The Bertz CT molecular complexity index is 506. The quantitative estimate of drug-likeness (QED) is 0.618. The first-order valence-corrected chi connectivity index (χ1v) is 6.35. The van der Waals surface area contributed by atoms with Crippen molar-refractivity contribution in [2.75, 3.05) is 25.6 Å². The van der Waals surface area contributed by atoms with Gasteiger partial charge in [-0.05, 0) is 24.6 Å². The summed E-state index contributed by atoms with van der Waals surface area (Å²) in [6.07, 6.45) is 1.22. The number of rotatable bonds is 6. The first kappa shape index (κ1) is 16.2. The minimum atomic E-state index is -0.527. The molecule has 0 saturated heterocycles. The monoisotopic (exact) mass is 279 g/mol. The second-order valence-corrected chi connectivity index (χ2v) is 4.11. The maximum absolute atomic E-state index is 13.8. The van der Waals surface area contributed by atoms with Crippen LogP contribution in [-0.4, -0.2) is 31.3 Å². The standard InChI is InChI=1S/C15H18FNO3/c1-20-10-4-6-15(19)17-14-8-7-12(11-13(14)16)5-2-3-9-18/h7-8,11,18H,3-4,6,9-10H2,1H3,(H,17,19). The van der Waals surface area contributed by atoms with Crippen molar-refractivity contribution in [2.24, 2.45) is 0 Å². The minimum absolute atomic E-state index is 0.0227. The maximum Gasteiger partial charge on any atom is 0.224 e. The smallest absolute Gasteiger partial charge is 0.224 e. The van der Waals surface area contributed by atoms with Crippen LogP contribution in [0.3, 0.4) is 0 Å². The summed E-state index contributed by atoms with van der Waals surface area (Å²) < 4.78 is 18.6. The van der Waals surface area contributed by atoms with Crippen LogP contribution in [0, 0.1) is 17.7 Å². The number of halogens is 1. The molecule has 0 heterocycles. The van der Waals surface area contributed by atoms with Crippen LogP contribution in [0.2, 0.25) is 0 Å². The average molecular weight is 279 g/mol. The van der Waals surface area contributed by atoms with Crippen molar-refractivity contribution in [1.82, 2.24) is 0 Å². The van der Waals surface area contributed by atoms with Gasteiger partial charge in [-0.2, -0.15) is 0 Å². The van der Waals surface area contributed by atoms with Gasteiger partial charge in [-0.1, -0.05) is 11.8 Å². The van der Waals surface area contributed by atoms with Gasteiger partial charge in [0.05, 0.1) is 12.3 Å². The lowest BCUT2D eigenvalue weighted by Gasteiger charge is -2.06. The van der Waals surface area contributed by atoms with Crippen LogP contribution in [0.25, 0.3) is 0 Å². The zero-order chi connectivity index (χ0) is 14.8. The molecular weight excluding hydrogens is 261 g/mol. The molecule has 0 aliphatic heterocycles. The number of carbonyl (C=O) groups excluding carboxylic acids is 1. The number of benzene rings is 1. The highest BCUT2D eigenvalue weighted by molar-refractivity contribution is 5.90. The van der Waals surface area contributed by atoms with Crippen LogP contribution in [0.1, 0.15) is 24.8 Å². The Morgan fingerprint density at radius 3 is 2.95 bits per heavy atom. The summed E-state index contributed by atoms with van der Waals surface area (Å²) in [5.74, 6) is 4.66. The number of anilines is 1. The SMILES string of the molecule is COCCCC(=O)Nc1ccc(C#CCCO)cc1F. The highest BCUT2D eigenvalue weighted by Crippen LogP contribution is 2.15. The zero-order valence-electron chi connectivity index (χ0n) is 11.4. The Hall–Kier alpha value is -1.90. The van der Waals surface area contributed by atoms with Gasteiger partial charge < -0.3 is 15.2 Å². The van der Waals surface area contributed by atoms with Gasteiger partial charge in [0, 0.05) is 32.1 Å². The molecule has 5 heteroatoms. The van der Waals surface area contributed by atoms with E-state index in [1.54, 1.807) is 13.2 Å². The van der Waals surface area contributed by atoms with Gasteiger partial charge in [-0.25, -0.2) is 4.39 Å². The van der Waals surface area contributed by atoms with E-state index in [0.29, 0.717) is 25.0 Å². The minimum Gasteiger partial charge on any atom is -0.395 e. The van der Waals surface area contributed by atoms with Crippen LogP contribution in [0.5, 0.6) is 0 Å². The van der Waals surface area contributed by atoms with Gasteiger partial charge in [0.15, 0.2) is 0 Å². The lowest BCUT2D eigenvalue weighted by molar-refractivity contribution is -0.116. The van der Waals surface area contributed by atoms with Crippen molar-refractivity contribution in [3.8, 4) is 11.8 Å². The second kappa shape index (κ2) is 9.08. The van der Waals surface area contributed by atoms with Gasteiger partial charge in [0.2, 0.25) is 5.91 Å². The van der Waals surface area contributed by atoms with E-state index >= 15 is 0 Å². The fourth-order valence-corrected chi connectivity index (χ4v) is 1.50. The Labute approximate surface area is 117 Å². The van der Waals surface area contributed by atoms with E-state index in [-0.39, 0.29) is 24.6 Å². The van der Waals surface area contributed by atoms with Gasteiger partial charge >= 0.3 is 0 Å². The highest BCUT2D eigenvalue weighted by atomic mass is 19.1. The summed E-state index contributed by atoms with van der Waals surface area (Å²) in [5.41, 5.74) is 0.647. The van der Waals surface area contributed by atoms with E-state index in [1.165, 1.54) is 12.1 Å². The van der Waals surface area contributed by atoms with E-state index in [1.807, 2.05) is 0 Å². The second-order valence-electron chi connectivity index (χ2n) is 4.11. The number of hydrogen-bond acceptors (Lipinski definition) is 3. The Kier molecular flexibility index (Phi) is 7.33. The number of hydrogen-bond donors (Lipinski definition) is 2. The number of aliphatic hydroxyl groups is 1. The van der Waals surface area contributed by atoms with Gasteiger partial charge in [0.25, 0.3) is 0 Å². The molecule has 108 valence electrons. The lowest BCUT2D eigenvalue weighted by Crippen LogP contribution is -2.13. The van der Waals surface area contributed by atoms with Crippen molar-refractivity contribution in [3.63, 3.8) is 0 Å². The van der Waals surface area contributed by atoms with E-state index < -0.39 is 5.82 Å². The van der Waals surface area contributed by atoms with Crippen molar-refractivity contribution < 1.29 is 19.0 Å². The number of methoxy groups -OCH3 is 1. The predicted molar refractivity (Wildman–Crippen MR) is 74.7 cm³/mol. The molecule has 4 nitrogen and oxygen atoms in total. The van der Waals surface area contributed by atoms with Gasteiger partial charge in [-0.15, -0.1) is 0 Å². The largest absolute Gasteiger partial charge is 0.395 e. The molecule has 2 N–H and O–H groups in total. The normalized spacial score (nSPS) is 9.75. The van der Waals surface area contributed by atoms with Crippen LogP contribution in [-0.2, 0) is 9.53 Å². The third-order valence-corrected chi connectivity index (χ3v) is 2.47. The van der Waals surface area contributed by atoms with E-state index in [0.717, 1.165) is 0 Å². The van der Waals surface area contributed by atoms with Gasteiger partial charge in [-0.3, -0.25) is 4.79 Å². The molecule has 0 aliphatic carbocycles. The van der Waals surface area contributed by atoms with E-state index in [4.69, 9.17) is 9.84 Å². The van der Waals surface area contributed by atoms with Crippen molar-refractivity contribution >= 4 is 11.6 Å². The zero-order valence-corrected chi connectivity index (χ0v) is 11.4. The van der Waals surface area contributed by atoms with Gasteiger partial charge in [0.1, 0.15) is 5.82 Å². The summed E-state index contributed by atoms with van der Waals surface area (Å²) >= 11 is 0. The molecule has 0 atom stereocenters. The third kappa shape index (κ3) is 5.83. The molecule has 0 fully saturated rings. The summed E-state index contributed by atoms with van der Waals surface area (Å²) in [6.45, 7) is 0.473. The highest BCUT2D eigenvalue weighted by Gasteiger charge is 2.07. The third-order valence-electron chi connectivity index (χ3n) is 2.47. The van der Waals surface area contributed by atoms with Crippen LogP contribution >= 0.6 is 0 Å². The molecule has 1 rings (SSSR count). The summed E-state index contributed by atoms with van der Waals surface area (Å²) in [5, 5.41) is 11.1. The van der Waals surface area contributed by atoms with Crippen LogP contribution in [0.15, 0.2) is 18.2 Å². The molecule has 0 radical (unpaired) electrons. The molecule has 1 aromatic carbocycles. The Morgan fingerprint density at radius 2 is 2.30 bits per heavy atom. The number of aliphatic hydroxyl groups excluding tert-OH is 1. The molecule has 0 spiro atoms. The average Bonchev–Trinajstić information content (AvgIpc) is 2.42. The number of ether oxygens (including phenoxy) is 1. The number of carbonyl (C=O) groups is 1. The number of nitrogens with one attached hydrogen (secondary N) is 1. The summed E-state index contributed by atoms with van der Waals surface area (Å²) in [6, 6.07) is 4.36. The van der Waals surface area contributed by atoms with E-state index in [9.17, 15) is 9.18 Å². The fourth-order valence-electron chi connectivity index (χ4n) is 1.50. The summed E-state index contributed by atoms with van der Waals surface area (Å²) in [4.78, 5) is 11.5. The maximum atomic E-state index is 13.8. The topological polar surface area (TPSA) is 58.6 Å². The first-order valence-electron chi connectivity index (χ1n) is 6.35. The molecule has 0 unspecified atom stereocenters. The molecule has 0 aromatic heterocycles. The molecule has 20 heavy (non-hydrogen) atoms. The van der Waals surface area contributed by atoms with E-state index in [2.05, 4.69) is 17.2 Å². The van der Waals surface area contributed by atoms with Crippen LogP contribution in [0.4, 0.5) is 10.1 Å². The predicted octanol–water partition coefficient (Wildman–Crippen LogP) is 1.92. The molecule has 1 amide bonds. The Morgan fingerprint density at radius 1 is 1.50 bits per heavy atom. The number of amides is 1. The molecular formula is C15H18FNO3. The molecule has 0 bridgehead atoms. The lowest BCUT2D eigenvalue weighted by atomic mass is 10.2. The van der Waals surface area contributed by atoms with Crippen molar-refractivity contribution in [3.05, 3.63) is 29.6 Å². The molecule has 0 aliphatic rings. The molecule has 1 aromatic rings. The summed E-state index contributed by atoms with van der Waals surface area (Å²) in [7, 11) is 1.56.